The summed E-state index contributed by atoms with van der Waals surface area (Å²) < 4.78 is 1.43. The summed E-state index contributed by atoms with van der Waals surface area (Å²) in [6.07, 6.45) is 2.13. The van der Waals surface area contributed by atoms with Crippen LogP contribution in [0.15, 0.2) is 5.38 Å². The molecule has 0 unspecified atom stereocenters. The summed E-state index contributed by atoms with van der Waals surface area (Å²) in [6.45, 7) is 0. The van der Waals surface area contributed by atoms with Gasteiger partial charge in [-0.3, -0.25) is 0 Å². The quantitative estimate of drug-likeness (QED) is 0.796. The average molecular weight is 308 g/mol. The van der Waals surface area contributed by atoms with Crippen LogP contribution in [0.2, 0.25) is 14.8 Å². The van der Waals surface area contributed by atoms with Crippen LogP contribution in [0.3, 0.4) is 0 Å². The Balaban J connectivity index is 2.77. The molecule has 68 valence electrons. The van der Waals surface area contributed by atoms with Gasteiger partial charge in [-0.05, 0) is 0 Å². The van der Waals surface area contributed by atoms with Crippen molar-refractivity contribution in [3.05, 3.63) is 10.4 Å². The zero-order valence-corrected chi connectivity index (χ0v) is 12.5. The molecule has 0 atom stereocenters. The molecule has 4 heteroatoms. The molecule has 1 aromatic heterocycles. The van der Waals surface area contributed by atoms with Gasteiger partial charge in [0.15, 0.2) is 0 Å². The summed E-state index contributed by atoms with van der Waals surface area (Å²) in [5.41, 5.74) is 0. The zero-order valence-electron chi connectivity index (χ0n) is 8.05. The third kappa shape index (κ3) is 2.92. The van der Waals surface area contributed by atoms with Crippen molar-refractivity contribution in [1.29, 1.82) is 0 Å². The fourth-order valence-corrected chi connectivity index (χ4v) is 7.69. The van der Waals surface area contributed by atoms with Crippen molar-refractivity contribution in [2.45, 2.75) is 20.6 Å². The second-order valence-corrected chi connectivity index (χ2v) is 19.9. The fourth-order valence-electron chi connectivity index (χ4n) is 0.845. The first kappa shape index (κ1) is 10.9. The number of hydrogen-bond donors (Lipinski definition) is 0. The van der Waals surface area contributed by atoms with Gasteiger partial charge in [0, 0.05) is 0 Å². The molecule has 0 N–H and O–H groups in total. The third-order valence-electron chi connectivity index (χ3n) is 1.59. The SMILES string of the molecule is CSCc1n[c]([Sn]([CH3])([CH3])[CH3])cs1. The Morgan fingerprint density at radius 2 is 2.17 bits per heavy atom. The summed E-state index contributed by atoms with van der Waals surface area (Å²) in [6, 6.07) is 0. The number of nitrogens with zero attached hydrogens (tertiary/aromatic N) is 1. The van der Waals surface area contributed by atoms with Gasteiger partial charge in [-0.25, -0.2) is 0 Å². The van der Waals surface area contributed by atoms with Gasteiger partial charge in [-0.1, -0.05) is 0 Å². The first-order valence-electron chi connectivity index (χ1n) is 3.98. The van der Waals surface area contributed by atoms with E-state index in [9.17, 15) is 0 Å². The predicted octanol–water partition coefficient (Wildman–Crippen LogP) is 2.55. The number of rotatable bonds is 3. The van der Waals surface area contributed by atoms with Gasteiger partial charge in [-0.2, -0.15) is 0 Å². The van der Waals surface area contributed by atoms with E-state index in [1.807, 2.05) is 23.1 Å². The molecule has 1 nitrogen and oxygen atoms in total. The zero-order chi connectivity index (χ0) is 9.19. The minimum atomic E-state index is -1.84. The number of thioether (sulfide) groups is 1. The van der Waals surface area contributed by atoms with Crippen molar-refractivity contribution in [2.24, 2.45) is 0 Å². The van der Waals surface area contributed by atoms with Gasteiger partial charge in [0.05, 0.1) is 0 Å². The van der Waals surface area contributed by atoms with Crippen molar-refractivity contribution < 1.29 is 0 Å². The molecule has 1 rings (SSSR count). The van der Waals surface area contributed by atoms with Gasteiger partial charge in [0.1, 0.15) is 0 Å². The maximum atomic E-state index is 4.66. The Morgan fingerprint density at radius 3 is 2.58 bits per heavy atom. The molecule has 1 aromatic rings. The fraction of sp³-hybridized carbons (Fsp3) is 0.625. The van der Waals surface area contributed by atoms with Gasteiger partial charge in [-0.15, -0.1) is 0 Å². The number of aromatic nitrogens is 1. The maximum absolute atomic E-state index is 4.66. The van der Waals surface area contributed by atoms with Crippen LogP contribution in [-0.2, 0) is 5.75 Å². The first-order chi connectivity index (χ1) is 5.54. The van der Waals surface area contributed by atoms with Gasteiger partial charge in [0.2, 0.25) is 0 Å². The molecule has 0 aliphatic rings. The minimum absolute atomic E-state index is 1.08. The Labute approximate surface area is 86.9 Å². The molecule has 1 heterocycles. The van der Waals surface area contributed by atoms with Crippen LogP contribution in [-0.4, -0.2) is 29.6 Å². The average Bonchev–Trinajstić information content (AvgIpc) is 2.35. The third-order valence-corrected chi connectivity index (χ3v) is 8.90. The molecule has 0 aliphatic heterocycles. The second kappa shape index (κ2) is 4.33. The van der Waals surface area contributed by atoms with Crippen LogP contribution in [0.25, 0.3) is 0 Å². The summed E-state index contributed by atoms with van der Waals surface area (Å²) in [7, 11) is 0. The van der Waals surface area contributed by atoms with E-state index in [0.717, 1.165) is 5.75 Å². The second-order valence-electron chi connectivity index (χ2n) is 3.81. The van der Waals surface area contributed by atoms with E-state index >= 15 is 0 Å². The van der Waals surface area contributed by atoms with Gasteiger partial charge < -0.3 is 0 Å². The van der Waals surface area contributed by atoms with Crippen LogP contribution < -0.4 is 3.71 Å². The van der Waals surface area contributed by atoms with Crippen molar-refractivity contribution in [3.63, 3.8) is 0 Å². The molecule has 0 saturated carbocycles. The standard InChI is InChI=1S/C5H6NS2.3CH3.Sn/c1-7-4-5-6-2-3-8-5;;;;/h3H,4H2,1H3;3*1H3;. The summed E-state index contributed by atoms with van der Waals surface area (Å²) in [4.78, 5) is 11.9. The number of thiazole rings is 1. The Morgan fingerprint density at radius 1 is 1.50 bits per heavy atom. The molecular formula is C8H15NS2Sn. The Kier molecular flexibility index (Phi) is 3.92. The first-order valence-corrected chi connectivity index (χ1v) is 16.2. The van der Waals surface area contributed by atoms with Crippen LogP contribution >= 0.6 is 23.1 Å². The molecule has 0 aliphatic carbocycles. The molecule has 12 heavy (non-hydrogen) atoms. The van der Waals surface area contributed by atoms with E-state index in [2.05, 4.69) is 31.4 Å². The van der Waals surface area contributed by atoms with E-state index in [-0.39, 0.29) is 0 Å². The molecule has 0 bridgehead atoms. The Bertz CT molecular complexity index is 252. The monoisotopic (exact) mass is 309 g/mol. The summed E-state index contributed by atoms with van der Waals surface area (Å²) >= 11 is 1.83. The Hall–Kier alpha value is 0.779. The van der Waals surface area contributed by atoms with Crippen molar-refractivity contribution in [2.75, 3.05) is 6.26 Å². The summed E-state index contributed by atoms with van der Waals surface area (Å²) in [5.74, 6) is 1.08. The van der Waals surface area contributed by atoms with Crippen LogP contribution in [0.5, 0.6) is 0 Å². The van der Waals surface area contributed by atoms with Crippen LogP contribution in [0.4, 0.5) is 0 Å². The normalized spacial score (nSPS) is 12.0. The molecule has 0 saturated heterocycles. The molecule has 0 spiro atoms. The molecule has 0 radical (unpaired) electrons. The molecule has 0 amide bonds. The number of hydrogen-bond acceptors (Lipinski definition) is 3. The van der Waals surface area contributed by atoms with Crippen molar-refractivity contribution >= 4 is 45.2 Å². The summed E-state index contributed by atoms with van der Waals surface area (Å²) in [5, 5.41) is 3.56. The van der Waals surface area contributed by atoms with Crippen LogP contribution in [0.1, 0.15) is 5.01 Å². The molecule has 0 fully saturated rings. The van der Waals surface area contributed by atoms with E-state index in [1.165, 1.54) is 8.72 Å². The molecule has 0 aromatic carbocycles. The van der Waals surface area contributed by atoms with Crippen molar-refractivity contribution in [3.8, 4) is 0 Å². The van der Waals surface area contributed by atoms with Gasteiger partial charge >= 0.3 is 87.4 Å². The topological polar surface area (TPSA) is 12.9 Å². The van der Waals surface area contributed by atoms with E-state index in [4.69, 9.17) is 0 Å². The van der Waals surface area contributed by atoms with E-state index in [1.54, 1.807) is 0 Å². The predicted molar refractivity (Wildman–Crippen MR) is 62.3 cm³/mol. The molecular weight excluding hydrogens is 293 g/mol. The van der Waals surface area contributed by atoms with Crippen molar-refractivity contribution in [1.82, 2.24) is 4.98 Å². The van der Waals surface area contributed by atoms with E-state index in [0.29, 0.717) is 0 Å². The van der Waals surface area contributed by atoms with Crippen LogP contribution in [0, 0.1) is 0 Å². The van der Waals surface area contributed by atoms with Gasteiger partial charge in [0.25, 0.3) is 0 Å². The van der Waals surface area contributed by atoms with E-state index < -0.39 is 18.4 Å².